The van der Waals surface area contributed by atoms with Gasteiger partial charge < -0.3 is 9.47 Å². The number of carbonyl (C=O) groups excluding carboxylic acids is 2. The maximum absolute atomic E-state index is 13.4. The Bertz CT molecular complexity index is 1150. The first-order valence-corrected chi connectivity index (χ1v) is 13.8. The van der Waals surface area contributed by atoms with E-state index in [1.165, 1.54) is 0 Å². The first-order valence-electron chi connectivity index (χ1n) is 11.3. The summed E-state index contributed by atoms with van der Waals surface area (Å²) in [6, 6.07) is 12.2. The molecule has 0 radical (unpaired) electrons. The van der Waals surface area contributed by atoms with E-state index in [2.05, 4.69) is 15.9 Å². The van der Waals surface area contributed by atoms with E-state index in [0.717, 1.165) is 21.2 Å². The number of halogens is 1. The van der Waals surface area contributed by atoms with Crippen LogP contribution in [0.3, 0.4) is 0 Å². The van der Waals surface area contributed by atoms with Crippen LogP contribution in [0, 0.1) is 12.3 Å². The molecule has 3 rings (SSSR count). The summed E-state index contributed by atoms with van der Waals surface area (Å²) in [6.45, 7) is 8.75. The van der Waals surface area contributed by atoms with Gasteiger partial charge in [-0.25, -0.2) is 8.42 Å². The van der Waals surface area contributed by atoms with Gasteiger partial charge in [-0.3, -0.25) is 9.59 Å². The minimum atomic E-state index is -3.70. The van der Waals surface area contributed by atoms with Gasteiger partial charge in [0.2, 0.25) is 0 Å². The van der Waals surface area contributed by atoms with Gasteiger partial charge in [-0.2, -0.15) is 0 Å². The highest BCUT2D eigenvalue weighted by atomic mass is 79.9. The number of esters is 2. The summed E-state index contributed by atoms with van der Waals surface area (Å²) in [7, 11) is -3.70. The number of fused-ring (bicyclic) bond motifs is 1. The highest BCUT2D eigenvalue weighted by Crippen LogP contribution is 2.46. The van der Waals surface area contributed by atoms with Crippen LogP contribution in [0.25, 0.3) is 0 Å². The quantitative estimate of drug-likeness (QED) is 0.350. The summed E-state index contributed by atoms with van der Waals surface area (Å²) in [5.41, 5.74) is 0.871. The zero-order valence-corrected chi connectivity index (χ0v) is 22.5. The molecule has 1 aliphatic rings. The first-order chi connectivity index (χ1) is 15.8. The summed E-state index contributed by atoms with van der Waals surface area (Å²) in [5.74, 6) is -2.21. The zero-order valence-electron chi connectivity index (χ0n) is 20.1. The lowest BCUT2D eigenvalue weighted by molar-refractivity contribution is -0.178. The Balaban J connectivity index is 2.10. The third kappa shape index (κ3) is 5.71. The molecule has 0 aliphatic heterocycles. The Morgan fingerprint density at radius 3 is 2.09 bits per heavy atom. The van der Waals surface area contributed by atoms with E-state index in [4.69, 9.17) is 9.47 Å². The lowest BCUT2D eigenvalue weighted by Gasteiger charge is -2.39. The number of hydrogen-bond donors (Lipinski definition) is 0. The van der Waals surface area contributed by atoms with Gasteiger partial charge in [0.05, 0.1) is 22.9 Å². The van der Waals surface area contributed by atoms with Crippen molar-refractivity contribution in [2.45, 2.75) is 70.5 Å². The standard InChI is InChI=1S/C26H31BrO6S/c1-16(2)32-24(28)26(25(29)33-17(3)4)13-19-8-9-21(27)12-23(19)20(14-26)15-34(30,31)22-10-6-18(5)7-11-22/h6-12,16-17,20H,13-15H2,1-5H3. The molecule has 2 aromatic carbocycles. The maximum atomic E-state index is 13.4. The van der Waals surface area contributed by atoms with Crippen molar-refractivity contribution < 1.29 is 27.5 Å². The van der Waals surface area contributed by atoms with Crippen LogP contribution in [0.5, 0.6) is 0 Å². The minimum absolute atomic E-state index is 0.0152. The van der Waals surface area contributed by atoms with E-state index in [-0.39, 0.29) is 23.5 Å². The van der Waals surface area contributed by atoms with Gasteiger partial charge in [0, 0.05) is 10.4 Å². The fraction of sp³-hybridized carbons (Fsp3) is 0.462. The molecule has 0 saturated heterocycles. The van der Waals surface area contributed by atoms with Crippen LogP contribution in [0.2, 0.25) is 0 Å². The van der Waals surface area contributed by atoms with E-state index >= 15 is 0 Å². The molecule has 0 spiro atoms. The van der Waals surface area contributed by atoms with Crippen molar-refractivity contribution in [1.29, 1.82) is 0 Å². The van der Waals surface area contributed by atoms with E-state index < -0.39 is 45.3 Å². The van der Waals surface area contributed by atoms with E-state index in [0.29, 0.717) is 0 Å². The van der Waals surface area contributed by atoms with Crippen LogP contribution in [-0.4, -0.2) is 38.3 Å². The van der Waals surface area contributed by atoms with Gasteiger partial charge in [-0.05, 0) is 82.9 Å². The highest BCUT2D eigenvalue weighted by molar-refractivity contribution is 9.10. The second-order valence-electron chi connectivity index (χ2n) is 9.51. The molecule has 1 unspecified atom stereocenters. The van der Waals surface area contributed by atoms with Gasteiger partial charge in [0.1, 0.15) is 0 Å². The van der Waals surface area contributed by atoms with Crippen molar-refractivity contribution in [3.63, 3.8) is 0 Å². The van der Waals surface area contributed by atoms with Gasteiger partial charge in [-0.1, -0.05) is 39.7 Å². The maximum Gasteiger partial charge on any atom is 0.324 e. The van der Waals surface area contributed by atoms with Crippen LogP contribution < -0.4 is 0 Å². The summed E-state index contributed by atoms with van der Waals surface area (Å²) in [5, 5.41) is 0. The molecule has 0 saturated carbocycles. The first kappa shape index (κ1) is 26.4. The molecule has 34 heavy (non-hydrogen) atoms. The lowest BCUT2D eigenvalue weighted by Crippen LogP contribution is -2.49. The van der Waals surface area contributed by atoms with Crippen LogP contribution in [0.1, 0.15) is 56.7 Å². The monoisotopic (exact) mass is 550 g/mol. The number of carbonyl (C=O) groups is 2. The van der Waals surface area contributed by atoms with Crippen molar-refractivity contribution in [3.05, 3.63) is 63.6 Å². The van der Waals surface area contributed by atoms with Crippen molar-refractivity contribution in [1.82, 2.24) is 0 Å². The van der Waals surface area contributed by atoms with Crippen LogP contribution in [-0.2, 0) is 35.3 Å². The van der Waals surface area contributed by atoms with Crippen molar-refractivity contribution in [2.75, 3.05) is 5.75 Å². The van der Waals surface area contributed by atoms with Gasteiger partial charge >= 0.3 is 11.9 Å². The Morgan fingerprint density at radius 2 is 1.56 bits per heavy atom. The largest absolute Gasteiger partial charge is 0.462 e. The van der Waals surface area contributed by atoms with Crippen molar-refractivity contribution in [3.8, 4) is 0 Å². The fourth-order valence-electron chi connectivity index (χ4n) is 4.34. The molecule has 1 aliphatic carbocycles. The zero-order chi connectivity index (χ0) is 25.3. The molecule has 0 bridgehead atoms. The second-order valence-corrected chi connectivity index (χ2v) is 12.5. The van der Waals surface area contributed by atoms with Crippen molar-refractivity contribution >= 4 is 37.7 Å². The topological polar surface area (TPSA) is 86.7 Å². The van der Waals surface area contributed by atoms with E-state index in [1.54, 1.807) is 52.0 Å². The molecule has 6 nitrogen and oxygen atoms in total. The fourth-order valence-corrected chi connectivity index (χ4v) is 6.29. The molecule has 1 atom stereocenters. The Hall–Kier alpha value is -2.19. The normalized spacial score (nSPS) is 17.4. The van der Waals surface area contributed by atoms with Crippen molar-refractivity contribution in [2.24, 2.45) is 5.41 Å². The van der Waals surface area contributed by atoms with E-state index in [9.17, 15) is 18.0 Å². The average Bonchev–Trinajstić information content (AvgIpc) is 2.73. The summed E-state index contributed by atoms with van der Waals surface area (Å²) < 4.78 is 38.6. The number of rotatable bonds is 7. The van der Waals surface area contributed by atoms with Gasteiger partial charge in [0.15, 0.2) is 15.3 Å². The van der Waals surface area contributed by atoms with Gasteiger partial charge in [-0.15, -0.1) is 0 Å². The summed E-state index contributed by atoms with van der Waals surface area (Å²) in [4.78, 5) is 26.9. The molecule has 0 N–H and O–H groups in total. The minimum Gasteiger partial charge on any atom is -0.462 e. The van der Waals surface area contributed by atoms with Gasteiger partial charge in [0.25, 0.3) is 0 Å². The Morgan fingerprint density at radius 1 is 1.00 bits per heavy atom. The number of hydrogen-bond acceptors (Lipinski definition) is 6. The molecule has 8 heteroatoms. The average molecular weight is 551 g/mol. The SMILES string of the molecule is Cc1ccc(S(=O)(=O)CC2CC(C(=O)OC(C)C)(C(=O)OC(C)C)Cc3ccc(Br)cc32)cc1. The molecule has 2 aromatic rings. The molecular formula is C26H31BrO6S. The predicted molar refractivity (Wildman–Crippen MR) is 133 cm³/mol. The second kappa shape index (κ2) is 10.2. The van der Waals surface area contributed by atoms with E-state index in [1.807, 2.05) is 25.1 Å². The summed E-state index contributed by atoms with van der Waals surface area (Å²) in [6.07, 6.45) is -0.790. The molecule has 0 fully saturated rings. The Labute approximate surface area is 210 Å². The number of sulfone groups is 1. The lowest BCUT2D eigenvalue weighted by atomic mass is 9.67. The van der Waals surface area contributed by atoms with Crippen LogP contribution in [0.4, 0.5) is 0 Å². The number of ether oxygens (including phenoxy) is 2. The number of aryl methyl sites for hydroxylation is 1. The molecule has 184 valence electrons. The third-order valence-electron chi connectivity index (χ3n) is 5.90. The van der Waals surface area contributed by atoms with Crippen LogP contribution in [0.15, 0.2) is 51.8 Å². The summed E-state index contributed by atoms with van der Waals surface area (Å²) >= 11 is 3.47. The Kier molecular flexibility index (Phi) is 7.92. The molecule has 0 aromatic heterocycles. The molecular weight excluding hydrogens is 520 g/mol. The molecule has 0 heterocycles. The highest BCUT2D eigenvalue weighted by Gasteiger charge is 2.54. The molecule has 0 amide bonds. The van der Waals surface area contributed by atoms with Crippen LogP contribution >= 0.6 is 15.9 Å². The predicted octanol–water partition coefficient (Wildman–Crippen LogP) is 5.15. The smallest absolute Gasteiger partial charge is 0.324 e. The third-order valence-corrected chi connectivity index (χ3v) is 8.23. The number of benzene rings is 2.